The number of fused-ring (bicyclic) bond motifs is 1. The molecule has 130 valence electrons. The van der Waals surface area contributed by atoms with E-state index in [-0.39, 0.29) is 17.9 Å². The Bertz CT molecular complexity index is 793. The third-order valence-corrected chi connectivity index (χ3v) is 4.33. The number of methoxy groups -OCH3 is 1. The van der Waals surface area contributed by atoms with Crippen LogP contribution in [0.15, 0.2) is 42.1 Å². The molecular formula is C19H22N3O3+. The predicted molar refractivity (Wildman–Crippen MR) is 94.9 cm³/mol. The quantitative estimate of drug-likeness (QED) is 0.799. The molecule has 1 unspecified atom stereocenters. The van der Waals surface area contributed by atoms with Crippen LogP contribution in [-0.4, -0.2) is 68.2 Å². The molecule has 1 aromatic carbocycles. The van der Waals surface area contributed by atoms with Gasteiger partial charge in [0.1, 0.15) is 0 Å². The second-order valence-electron chi connectivity index (χ2n) is 6.24. The Balaban J connectivity index is 2.00. The fourth-order valence-corrected chi connectivity index (χ4v) is 3.01. The molecule has 0 aromatic heterocycles. The number of nitrogens with zero attached hydrogens (tertiary/aromatic N) is 2. The van der Waals surface area contributed by atoms with Crippen LogP contribution in [0.3, 0.4) is 0 Å². The van der Waals surface area contributed by atoms with Gasteiger partial charge in [-0.15, -0.1) is 0 Å². The fourth-order valence-electron chi connectivity index (χ4n) is 3.01. The number of hydrogen-bond donors (Lipinski definition) is 1. The van der Waals surface area contributed by atoms with Crippen LogP contribution >= 0.6 is 0 Å². The molecule has 0 saturated heterocycles. The van der Waals surface area contributed by atoms with E-state index >= 15 is 0 Å². The largest absolute Gasteiger partial charge is 0.383 e. The number of rotatable bonds is 5. The monoisotopic (exact) mass is 340 g/mol. The molecule has 2 aliphatic rings. The highest BCUT2D eigenvalue weighted by Crippen LogP contribution is 2.31. The maximum absolute atomic E-state index is 12.6. The van der Waals surface area contributed by atoms with Crippen LogP contribution in [0.25, 0.3) is 5.57 Å². The van der Waals surface area contributed by atoms with Gasteiger partial charge in [-0.05, 0) is 17.7 Å². The molecule has 2 amide bonds. The molecule has 0 aliphatic carbocycles. The maximum Gasteiger partial charge on any atom is 0.300 e. The fraction of sp³-hybridized carbons (Fsp3) is 0.316. The van der Waals surface area contributed by atoms with Gasteiger partial charge in [-0.3, -0.25) is 9.59 Å². The normalized spacial score (nSPS) is 18.8. The maximum atomic E-state index is 12.6. The molecule has 2 heterocycles. The van der Waals surface area contributed by atoms with Gasteiger partial charge in [-0.1, -0.05) is 12.1 Å². The van der Waals surface area contributed by atoms with Crippen molar-refractivity contribution < 1.29 is 19.3 Å². The molecule has 1 N–H and O–H groups in total. The Morgan fingerprint density at radius 3 is 2.88 bits per heavy atom. The van der Waals surface area contributed by atoms with E-state index in [9.17, 15) is 9.59 Å². The van der Waals surface area contributed by atoms with Crippen LogP contribution in [0, 0.1) is 0 Å². The van der Waals surface area contributed by atoms with Gasteiger partial charge in [0.25, 0.3) is 17.9 Å². The van der Waals surface area contributed by atoms with E-state index in [4.69, 9.17) is 4.74 Å². The van der Waals surface area contributed by atoms with E-state index in [0.717, 1.165) is 16.7 Å². The molecular weight excluding hydrogens is 318 g/mol. The van der Waals surface area contributed by atoms with Gasteiger partial charge in [-0.25, -0.2) is 4.99 Å². The van der Waals surface area contributed by atoms with Crippen LogP contribution < -0.4 is 4.99 Å². The zero-order valence-electron chi connectivity index (χ0n) is 14.7. The minimum atomic E-state index is -0.384. The number of carbonyl (C=O) groups is 2. The SMILES string of the molecule is COCCN1C=C(c2cccc(C(=O)N(C)C)c2)C2=CC=[NH+]C2C1=O. The summed E-state index contributed by atoms with van der Waals surface area (Å²) in [5.41, 5.74) is 3.40. The smallest absolute Gasteiger partial charge is 0.300 e. The van der Waals surface area contributed by atoms with E-state index < -0.39 is 0 Å². The summed E-state index contributed by atoms with van der Waals surface area (Å²) >= 11 is 0. The summed E-state index contributed by atoms with van der Waals surface area (Å²) in [6, 6.07) is 7.11. The van der Waals surface area contributed by atoms with Crippen molar-refractivity contribution in [1.82, 2.24) is 9.80 Å². The number of ether oxygens (including phenoxy) is 1. The van der Waals surface area contributed by atoms with Crippen molar-refractivity contribution in [3.05, 3.63) is 53.2 Å². The number of hydrogen-bond acceptors (Lipinski definition) is 3. The number of nitrogens with one attached hydrogen (secondary N) is 1. The highest BCUT2D eigenvalue weighted by molar-refractivity contribution is 6.02. The van der Waals surface area contributed by atoms with Gasteiger partial charge >= 0.3 is 0 Å². The summed E-state index contributed by atoms with van der Waals surface area (Å²) in [5, 5.41) is 0. The van der Waals surface area contributed by atoms with Crippen LogP contribution in [0.2, 0.25) is 0 Å². The van der Waals surface area contributed by atoms with Crippen molar-refractivity contribution >= 4 is 23.6 Å². The minimum absolute atomic E-state index is 0.00122. The lowest BCUT2D eigenvalue weighted by Gasteiger charge is -2.27. The van der Waals surface area contributed by atoms with Crippen LogP contribution in [-0.2, 0) is 9.53 Å². The highest BCUT2D eigenvalue weighted by Gasteiger charge is 2.39. The summed E-state index contributed by atoms with van der Waals surface area (Å²) in [4.78, 5) is 31.2. The Hall–Kier alpha value is -2.73. The first kappa shape index (κ1) is 17.1. The molecule has 1 atom stereocenters. The molecule has 0 fully saturated rings. The molecule has 6 heteroatoms. The van der Waals surface area contributed by atoms with E-state index in [1.165, 1.54) is 0 Å². The van der Waals surface area contributed by atoms with E-state index in [2.05, 4.69) is 4.99 Å². The lowest BCUT2D eigenvalue weighted by molar-refractivity contribution is -0.467. The topological polar surface area (TPSA) is 63.8 Å². The molecule has 0 bridgehead atoms. The molecule has 1 aromatic rings. The van der Waals surface area contributed by atoms with Gasteiger partial charge in [0, 0.05) is 56.7 Å². The average molecular weight is 340 g/mol. The van der Waals surface area contributed by atoms with Crippen molar-refractivity contribution in [3.8, 4) is 0 Å². The van der Waals surface area contributed by atoms with Crippen LogP contribution in [0.4, 0.5) is 0 Å². The van der Waals surface area contributed by atoms with Gasteiger partial charge in [-0.2, -0.15) is 0 Å². The third-order valence-electron chi connectivity index (χ3n) is 4.33. The Labute approximate surface area is 147 Å². The molecule has 25 heavy (non-hydrogen) atoms. The zero-order chi connectivity index (χ0) is 18.0. The number of benzene rings is 1. The predicted octanol–water partition coefficient (Wildman–Crippen LogP) is -0.322. The lowest BCUT2D eigenvalue weighted by Crippen LogP contribution is -2.79. The minimum Gasteiger partial charge on any atom is -0.383 e. The second-order valence-corrected chi connectivity index (χ2v) is 6.24. The molecule has 6 nitrogen and oxygen atoms in total. The van der Waals surface area contributed by atoms with Crippen molar-refractivity contribution in [2.45, 2.75) is 6.04 Å². The highest BCUT2D eigenvalue weighted by atomic mass is 16.5. The summed E-state index contributed by atoms with van der Waals surface area (Å²) in [6.07, 6.45) is 5.56. The lowest BCUT2D eigenvalue weighted by atomic mass is 9.90. The summed E-state index contributed by atoms with van der Waals surface area (Å²) in [7, 11) is 5.07. The first-order chi connectivity index (χ1) is 12.0. The third kappa shape index (κ3) is 3.25. The van der Waals surface area contributed by atoms with E-state index in [1.807, 2.05) is 30.5 Å². The van der Waals surface area contributed by atoms with Crippen LogP contribution in [0.5, 0.6) is 0 Å². The van der Waals surface area contributed by atoms with Crippen molar-refractivity contribution in [1.29, 1.82) is 0 Å². The molecule has 0 saturated carbocycles. The van der Waals surface area contributed by atoms with E-state index in [1.54, 1.807) is 43.3 Å². The molecule has 0 radical (unpaired) electrons. The van der Waals surface area contributed by atoms with Gasteiger partial charge in [0.15, 0.2) is 6.21 Å². The molecule has 0 spiro atoms. The zero-order valence-corrected chi connectivity index (χ0v) is 14.7. The summed E-state index contributed by atoms with van der Waals surface area (Å²) in [6.45, 7) is 0.949. The van der Waals surface area contributed by atoms with Crippen molar-refractivity contribution in [2.75, 3.05) is 34.4 Å². The van der Waals surface area contributed by atoms with E-state index in [0.29, 0.717) is 18.7 Å². The molecule has 2 aliphatic heterocycles. The van der Waals surface area contributed by atoms with Crippen molar-refractivity contribution in [3.63, 3.8) is 0 Å². The standard InChI is InChI=1S/C19H21N3O3/c1-21(2)18(23)14-6-4-5-13(11-14)16-12-22(9-10-25-3)19(24)17-15(16)7-8-20-17/h4-8,11-12,17H,9-10H2,1-3H3/p+1. The number of carbonyl (C=O) groups excluding carboxylic acids is 2. The first-order valence-electron chi connectivity index (χ1n) is 8.16. The number of allylic oxidation sites excluding steroid dienone is 1. The van der Waals surface area contributed by atoms with Crippen LogP contribution in [0.1, 0.15) is 15.9 Å². The Kier molecular flexibility index (Phi) is 4.81. The molecule has 3 rings (SSSR count). The summed E-state index contributed by atoms with van der Waals surface area (Å²) in [5.74, 6) is -0.0477. The first-order valence-corrected chi connectivity index (χ1v) is 8.16. The van der Waals surface area contributed by atoms with Gasteiger partial charge in [0.05, 0.1) is 6.61 Å². The van der Waals surface area contributed by atoms with Gasteiger partial charge < -0.3 is 14.5 Å². The van der Waals surface area contributed by atoms with Crippen molar-refractivity contribution in [2.24, 2.45) is 0 Å². The average Bonchev–Trinajstić information content (AvgIpc) is 3.11. The summed E-state index contributed by atoms with van der Waals surface area (Å²) < 4.78 is 5.11. The Morgan fingerprint density at radius 1 is 1.36 bits per heavy atom. The Morgan fingerprint density at radius 2 is 2.16 bits per heavy atom. The number of amides is 2. The van der Waals surface area contributed by atoms with Gasteiger partial charge in [0.2, 0.25) is 0 Å². The second kappa shape index (κ2) is 7.03.